The molecule has 1 nitrogen and oxygen atoms in total. The van der Waals surface area contributed by atoms with Crippen LogP contribution in [0.25, 0.3) is 0 Å². The topological polar surface area (TPSA) is 9.23 Å². The number of benzene rings is 1. The van der Waals surface area contributed by atoms with Crippen molar-refractivity contribution in [1.29, 1.82) is 0 Å². The minimum Gasteiger partial charge on any atom is -0.373 e. The average molecular weight is 293 g/mol. The molecule has 3 aliphatic carbocycles. The van der Waals surface area contributed by atoms with Crippen molar-refractivity contribution in [2.45, 2.75) is 45.3 Å². The van der Waals surface area contributed by atoms with Crippen molar-refractivity contribution in [3.8, 4) is 0 Å². The van der Waals surface area contributed by atoms with E-state index in [1.54, 1.807) is 0 Å². The SMILES string of the molecule is [CH][C@]12[CH][C@@H]3CC[C@H](OCc4ccccc4)[C@@H]3[C@H]1CC(C)=CC2. The molecule has 0 aromatic heterocycles. The van der Waals surface area contributed by atoms with E-state index in [2.05, 4.69) is 49.8 Å². The van der Waals surface area contributed by atoms with Crippen LogP contribution in [0.2, 0.25) is 0 Å². The monoisotopic (exact) mass is 293 g/mol. The van der Waals surface area contributed by atoms with Gasteiger partial charge in [0.25, 0.3) is 0 Å². The second kappa shape index (κ2) is 5.53. The second-order valence-corrected chi connectivity index (χ2v) is 7.50. The third-order valence-electron chi connectivity index (χ3n) is 6.04. The zero-order valence-electron chi connectivity index (χ0n) is 13.4. The fourth-order valence-corrected chi connectivity index (χ4v) is 4.95. The zero-order chi connectivity index (χ0) is 15.2. The number of hydrogen-bond donors (Lipinski definition) is 0. The van der Waals surface area contributed by atoms with Gasteiger partial charge in [-0.2, -0.15) is 0 Å². The molecule has 0 amide bonds. The van der Waals surface area contributed by atoms with E-state index in [4.69, 9.17) is 11.7 Å². The third-order valence-corrected chi connectivity index (χ3v) is 6.04. The third kappa shape index (κ3) is 2.44. The number of fused-ring (bicyclic) bond motifs is 3. The lowest BCUT2D eigenvalue weighted by molar-refractivity contribution is -0.00957. The maximum absolute atomic E-state index is 6.73. The van der Waals surface area contributed by atoms with Crippen LogP contribution in [0, 0.1) is 36.5 Å². The van der Waals surface area contributed by atoms with Crippen molar-refractivity contribution < 1.29 is 4.74 Å². The highest BCUT2D eigenvalue weighted by atomic mass is 16.5. The van der Waals surface area contributed by atoms with E-state index in [1.807, 2.05) is 0 Å². The van der Waals surface area contributed by atoms with Crippen LogP contribution in [0.15, 0.2) is 42.0 Å². The molecule has 115 valence electrons. The van der Waals surface area contributed by atoms with Crippen LogP contribution in [-0.2, 0) is 11.3 Å². The van der Waals surface area contributed by atoms with Gasteiger partial charge in [0.05, 0.1) is 12.7 Å². The smallest absolute Gasteiger partial charge is 0.0720 e. The summed E-state index contributed by atoms with van der Waals surface area (Å²) in [7, 11) is 0. The van der Waals surface area contributed by atoms with Gasteiger partial charge in [-0.05, 0) is 74.7 Å². The van der Waals surface area contributed by atoms with Crippen molar-refractivity contribution in [1.82, 2.24) is 0 Å². The van der Waals surface area contributed by atoms with Crippen molar-refractivity contribution >= 4 is 0 Å². The Hall–Kier alpha value is -1.08. The van der Waals surface area contributed by atoms with Gasteiger partial charge in [-0.1, -0.05) is 42.0 Å². The highest BCUT2D eigenvalue weighted by Gasteiger charge is 2.56. The first kappa shape index (κ1) is 14.5. The Kier molecular flexibility index (Phi) is 3.64. The molecule has 4 rings (SSSR count). The van der Waals surface area contributed by atoms with Gasteiger partial charge in [-0.15, -0.1) is 0 Å². The van der Waals surface area contributed by atoms with Crippen LogP contribution in [0.1, 0.15) is 38.2 Å². The molecule has 22 heavy (non-hydrogen) atoms. The van der Waals surface area contributed by atoms with Gasteiger partial charge in [-0.3, -0.25) is 0 Å². The number of ether oxygens (including phenoxy) is 1. The number of hydrogen-bond acceptors (Lipinski definition) is 1. The van der Waals surface area contributed by atoms with Gasteiger partial charge in [-0.25, -0.2) is 0 Å². The minimum absolute atomic E-state index is 0.0797. The summed E-state index contributed by atoms with van der Waals surface area (Å²) in [5.41, 5.74) is 2.70. The summed E-state index contributed by atoms with van der Waals surface area (Å²) >= 11 is 0. The van der Waals surface area contributed by atoms with Crippen molar-refractivity contribution in [3.05, 3.63) is 60.9 Å². The summed E-state index contributed by atoms with van der Waals surface area (Å²) in [5.74, 6) is 1.86. The molecule has 3 aliphatic rings. The minimum atomic E-state index is -0.0797. The van der Waals surface area contributed by atoms with Crippen LogP contribution in [-0.4, -0.2) is 6.10 Å². The highest BCUT2D eigenvalue weighted by molar-refractivity contribution is 5.24. The molecule has 1 aromatic rings. The van der Waals surface area contributed by atoms with Crippen molar-refractivity contribution in [3.63, 3.8) is 0 Å². The molecule has 2 saturated carbocycles. The fraction of sp³-hybridized carbons (Fsp3) is 0.524. The van der Waals surface area contributed by atoms with Gasteiger partial charge in [0.1, 0.15) is 0 Å². The van der Waals surface area contributed by atoms with E-state index in [-0.39, 0.29) is 5.41 Å². The predicted octanol–water partition coefficient (Wildman–Crippen LogP) is 4.87. The Bertz CT molecular complexity index is 561. The molecule has 2 fully saturated rings. The molecule has 0 spiro atoms. The molecule has 0 N–H and O–H groups in total. The molecule has 5 atom stereocenters. The molecule has 0 bridgehead atoms. The van der Waals surface area contributed by atoms with Gasteiger partial charge >= 0.3 is 0 Å². The van der Waals surface area contributed by atoms with Crippen LogP contribution in [0.5, 0.6) is 0 Å². The molecule has 0 saturated heterocycles. The Morgan fingerprint density at radius 1 is 1.23 bits per heavy atom. The maximum Gasteiger partial charge on any atom is 0.0720 e. The number of allylic oxidation sites excluding steroid dienone is 2. The van der Waals surface area contributed by atoms with E-state index in [0.29, 0.717) is 23.9 Å². The van der Waals surface area contributed by atoms with Gasteiger partial charge in [0.2, 0.25) is 0 Å². The molecule has 0 heterocycles. The summed E-state index contributed by atoms with van der Waals surface area (Å²) in [6, 6.07) is 10.5. The predicted molar refractivity (Wildman–Crippen MR) is 88.7 cm³/mol. The first-order valence-electron chi connectivity index (χ1n) is 8.62. The molecular weight excluding hydrogens is 268 g/mol. The van der Waals surface area contributed by atoms with Crippen LogP contribution >= 0.6 is 0 Å². The molecule has 3 radical (unpaired) electrons. The molecule has 0 unspecified atom stereocenters. The lowest BCUT2D eigenvalue weighted by Crippen LogP contribution is -2.33. The summed E-state index contributed by atoms with van der Waals surface area (Å²) in [6.07, 6.45) is 9.79. The molecule has 0 aliphatic heterocycles. The largest absolute Gasteiger partial charge is 0.373 e. The first-order chi connectivity index (χ1) is 10.7. The van der Waals surface area contributed by atoms with Gasteiger partial charge < -0.3 is 4.74 Å². The summed E-state index contributed by atoms with van der Waals surface area (Å²) in [6.45, 7) is 9.71. The van der Waals surface area contributed by atoms with E-state index in [1.165, 1.54) is 24.0 Å². The molecular formula is C21H25O. The van der Waals surface area contributed by atoms with Crippen LogP contribution in [0.3, 0.4) is 0 Å². The maximum atomic E-state index is 6.73. The molecule has 1 aromatic carbocycles. The van der Waals surface area contributed by atoms with E-state index >= 15 is 0 Å². The Balaban J connectivity index is 1.48. The van der Waals surface area contributed by atoms with E-state index in [9.17, 15) is 0 Å². The normalized spacial score (nSPS) is 40.2. The summed E-state index contributed by atoms with van der Waals surface area (Å²) in [5, 5.41) is 0. The van der Waals surface area contributed by atoms with Crippen LogP contribution in [0.4, 0.5) is 0 Å². The van der Waals surface area contributed by atoms with Crippen molar-refractivity contribution in [2.75, 3.05) is 0 Å². The van der Waals surface area contributed by atoms with Crippen LogP contribution < -0.4 is 0 Å². The Labute approximate surface area is 134 Å². The molecule has 1 heteroatoms. The number of rotatable bonds is 3. The quantitative estimate of drug-likeness (QED) is 0.722. The van der Waals surface area contributed by atoms with E-state index < -0.39 is 0 Å². The van der Waals surface area contributed by atoms with Gasteiger partial charge in [0.15, 0.2) is 0 Å². The average Bonchev–Trinajstić information content (AvgIpc) is 3.03. The highest BCUT2D eigenvalue weighted by Crippen LogP contribution is 2.61. The zero-order valence-corrected chi connectivity index (χ0v) is 13.4. The van der Waals surface area contributed by atoms with E-state index in [0.717, 1.165) is 19.4 Å². The Morgan fingerprint density at radius 3 is 2.86 bits per heavy atom. The Morgan fingerprint density at radius 2 is 2.05 bits per heavy atom. The summed E-state index contributed by atoms with van der Waals surface area (Å²) < 4.78 is 6.34. The lowest BCUT2D eigenvalue weighted by atomic mass is 9.67. The standard InChI is InChI=1S/C21H25O/c1-15-10-11-21(2)13-17-8-9-19(20(17)18(21)12-15)22-14-16-6-4-3-5-7-16/h2-7,10,13,17-20H,8-9,11-12,14H2,1H3/t17-,18+,19-,20-,21-/m0/s1. The second-order valence-electron chi connectivity index (χ2n) is 7.50. The fourth-order valence-electron chi connectivity index (χ4n) is 4.95. The first-order valence-corrected chi connectivity index (χ1v) is 8.62. The summed E-state index contributed by atoms with van der Waals surface area (Å²) in [4.78, 5) is 0. The van der Waals surface area contributed by atoms with Crippen molar-refractivity contribution in [2.24, 2.45) is 23.2 Å². The lowest BCUT2D eigenvalue weighted by Gasteiger charge is -2.38. The van der Waals surface area contributed by atoms with Gasteiger partial charge in [0, 0.05) is 0 Å².